The summed E-state index contributed by atoms with van der Waals surface area (Å²) in [6, 6.07) is 17.5. The first-order valence-electron chi connectivity index (χ1n) is 11.8. The lowest BCUT2D eigenvalue weighted by atomic mass is 9.87. The Morgan fingerprint density at radius 1 is 0.917 bits per heavy atom. The summed E-state index contributed by atoms with van der Waals surface area (Å²) < 4.78 is 1.78. The minimum absolute atomic E-state index is 0.0428. The van der Waals surface area contributed by atoms with Gasteiger partial charge in [0.2, 0.25) is 5.91 Å². The van der Waals surface area contributed by atoms with Crippen LogP contribution in [0.25, 0.3) is 10.2 Å². The number of hydrogen-bond acceptors (Lipinski definition) is 5. The summed E-state index contributed by atoms with van der Waals surface area (Å²) in [4.78, 5) is 30.0. The standard InChI is InChI=1S/C29H31N3O2S2/c1-17-13-18(2)26(19(3)14-17)32-25(33)16-35-28-31-23-12-11-22(15-24(23)36-28)30-27(34)20-7-9-21(10-8-20)29(4,5)6/h7-15H,16H2,1-6H3,(H,30,34)(H,32,33). The van der Waals surface area contributed by atoms with Gasteiger partial charge in [0.1, 0.15) is 0 Å². The number of rotatable bonds is 6. The van der Waals surface area contributed by atoms with Crippen molar-refractivity contribution in [3.8, 4) is 0 Å². The van der Waals surface area contributed by atoms with Crippen LogP contribution in [0.15, 0.2) is 58.9 Å². The molecule has 0 radical (unpaired) electrons. The molecule has 0 atom stereocenters. The van der Waals surface area contributed by atoms with Crippen molar-refractivity contribution < 1.29 is 9.59 Å². The van der Waals surface area contributed by atoms with Gasteiger partial charge < -0.3 is 10.6 Å². The van der Waals surface area contributed by atoms with Gasteiger partial charge in [-0.3, -0.25) is 9.59 Å². The first kappa shape index (κ1) is 25.9. The third kappa shape index (κ3) is 6.15. The zero-order chi connectivity index (χ0) is 26.0. The summed E-state index contributed by atoms with van der Waals surface area (Å²) >= 11 is 2.93. The van der Waals surface area contributed by atoms with Gasteiger partial charge >= 0.3 is 0 Å². The molecule has 1 heterocycles. The van der Waals surface area contributed by atoms with Crippen LogP contribution in [0.5, 0.6) is 0 Å². The summed E-state index contributed by atoms with van der Waals surface area (Å²) in [5.41, 5.74) is 7.60. The van der Waals surface area contributed by atoms with E-state index < -0.39 is 0 Å². The Bertz CT molecular complexity index is 1410. The summed E-state index contributed by atoms with van der Waals surface area (Å²) in [5, 5.41) is 6.02. The topological polar surface area (TPSA) is 71.1 Å². The highest BCUT2D eigenvalue weighted by atomic mass is 32.2. The number of aromatic nitrogens is 1. The normalized spacial score (nSPS) is 11.5. The fourth-order valence-corrected chi connectivity index (χ4v) is 5.96. The molecule has 186 valence electrons. The zero-order valence-electron chi connectivity index (χ0n) is 21.5. The Labute approximate surface area is 220 Å². The van der Waals surface area contributed by atoms with Gasteiger partial charge in [0.05, 0.1) is 16.0 Å². The zero-order valence-corrected chi connectivity index (χ0v) is 23.1. The Hall–Kier alpha value is -3.16. The van der Waals surface area contributed by atoms with Crippen molar-refractivity contribution in [2.45, 2.75) is 51.3 Å². The molecule has 0 saturated heterocycles. The molecule has 1 aromatic heterocycles. The molecule has 0 unspecified atom stereocenters. The molecule has 0 fully saturated rings. The van der Waals surface area contributed by atoms with Crippen LogP contribution in [0.4, 0.5) is 11.4 Å². The molecule has 2 N–H and O–H groups in total. The maximum Gasteiger partial charge on any atom is 0.255 e. The predicted molar refractivity (Wildman–Crippen MR) is 153 cm³/mol. The number of hydrogen-bond donors (Lipinski definition) is 2. The molecule has 0 aliphatic rings. The molecule has 2 amide bonds. The number of nitrogens with one attached hydrogen (secondary N) is 2. The lowest BCUT2D eigenvalue weighted by Crippen LogP contribution is -2.15. The summed E-state index contributed by atoms with van der Waals surface area (Å²) in [7, 11) is 0. The minimum atomic E-state index is -0.146. The highest BCUT2D eigenvalue weighted by Gasteiger charge is 2.15. The molecule has 7 heteroatoms. The summed E-state index contributed by atoms with van der Waals surface area (Å²) in [6.45, 7) is 12.5. The second kappa shape index (κ2) is 10.4. The molecule has 0 spiro atoms. The second-order valence-electron chi connectivity index (χ2n) is 10.1. The Morgan fingerprint density at radius 3 is 2.22 bits per heavy atom. The van der Waals surface area contributed by atoms with Crippen molar-refractivity contribution in [2.24, 2.45) is 0 Å². The highest BCUT2D eigenvalue weighted by Crippen LogP contribution is 2.32. The molecule has 4 rings (SSSR count). The van der Waals surface area contributed by atoms with Crippen LogP contribution < -0.4 is 10.6 Å². The van der Waals surface area contributed by atoms with E-state index in [9.17, 15) is 9.59 Å². The van der Waals surface area contributed by atoms with Crippen LogP contribution in [0.3, 0.4) is 0 Å². The van der Waals surface area contributed by atoms with E-state index in [1.807, 2.05) is 56.3 Å². The van der Waals surface area contributed by atoms with Gasteiger partial charge in [0.15, 0.2) is 4.34 Å². The first-order valence-corrected chi connectivity index (χ1v) is 13.6. The van der Waals surface area contributed by atoms with E-state index in [0.717, 1.165) is 37.1 Å². The minimum Gasteiger partial charge on any atom is -0.325 e. The van der Waals surface area contributed by atoms with E-state index in [4.69, 9.17) is 0 Å². The smallest absolute Gasteiger partial charge is 0.255 e. The van der Waals surface area contributed by atoms with E-state index in [2.05, 4.69) is 55.4 Å². The van der Waals surface area contributed by atoms with Crippen molar-refractivity contribution in [1.29, 1.82) is 0 Å². The number of anilines is 2. The maximum atomic E-state index is 12.7. The SMILES string of the molecule is Cc1cc(C)c(NC(=O)CSc2nc3ccc(NC(=O)c4ccc(C(C)(C)C)cc4)cc3s2)c(C)c1. The molecule has 0 aliphatic carbocycles. The van der Waals surface area contributed by atoms with Gasteiger partial charge in [0.25, 0.3) is 5.91 Å². The van der Waals surface area contributed by atoms with Gasteiger partial charge in [-0.1, -0.05) is 62.4 Å². The van der Waals surface area contributed by atoms with Gasteiger partial charge in [-0.05, 0) is 73.2 Å². The molecule has 3 aromatic carbocycles. The number of fused-ring (bicyclic) bond motifs is 1. The number of carbonyl (C=O) groups excluding carboxylic acids is 2. The van der Waals surface area contributed by atoms with Crippen LogP contribution in [-0.2, 0) is 10.2 Å². The number of thiazole rings is 1. The van der Waals surface area contributed by atoms with Crippen LogP contribution >= 0.6 is 23.1 Å². The monoisotopic (exact) mass is 517 g/mol. The molecule has 0 bridgehead atoms. The number of benzene rings is 3. The predicted octanol–water partition coefficient (Wildman–Crippen LogP) is 7.50. The third-order valence-corrected chi connectivity index (χ3v) is 8.07. The van der Waals surface area contributed by atoms with Crippen molar-refractivity contribution in [3.05, 3.63) is 82.4 Å². The van der Waals surface area contributed by atoms with Crippen molar-refractivity contribution >= 4 is 56.5 Å². The average molecular weight is 518 g/mol. The molecule has 0 aliphatic heterocycles. The van der Waals surface area contributed by atoms with E-state index in [1.165, 1.54) is 34.2 Å². The van der Waals surface area contributed by atoms with Crippen LogP contribution in [-0.4, -0.2) is 22.6 Å². The lowest BCUT2D eigenvalue weighted by Gasteiger charge is -2.19. The Morgan fingerprint density at radius 2 is 1.58 bits per heavy atom. The van der Waals surface area contributed by atoms with Gasteiger partial charge in [0, 0.05) is 16.9 Å². The second-order valence-corrected chi connectivity index (χ2v) is 12.3. The number of nitrogens with zero attached hydrogens (tertiary/aromatic N) is 1. The van der Waals surface area contributed by atoms with E-state index >= 15 is 0 Å². The van der Waals surface area contributed by atoms with Crippen molar-refractivity contribution in [1.82, 2.24) is 4.98 Å². The van der Waals surface area contributed by atoms with E-state index in [-0.39, 0.29) is 23.0 Å². The Balaban J connectivity index is 1.39. The summed E-state index contributed by atoms with van der Waals surface area (Å²) in [6.07, 6.45) is 0. The highest BCUT2D eigenvalue weighted by molar-refractivity contribution is 8.01. The molecular weight excluding hydrogens is 486 g/mol. The van der Waals surface area contributed by atoms with E-state index in [0.29, 0.717) is 5.56 Å². The first-order chi connectivity index (χ1) is 17.0. The fraction of sp³-hybridized carbons (Fsp3) is 0.276. The van der Waals surface area contributed by atoms with Crippen LogP contribution in [0.2, 0.25) is 0 Å². The molecule has 4 aromatic rings. The third-order valence-electron chi connectivity index (χ3n) is 5.91. The number of carbonyl (C=O) groups is 2. The largest absolute Gasteiger partial charge is 0.325 e. The average Bonchev–Trinajstić information content (AvgIpc) is 3.22. The molecular formula is C29H31N3O2S2. The van der Waals surface area contributed by atoms with Crippen molar-refractivity contribution in [3.63, 3.8) is 0 Å². The maximum absolute atomic E-state index is 12.7. The number of thioether (sulfide) groups is 1. The number of amides is 2. The molecule has 0 saturated carbocycles. The van der Waals surface area contributed by atoms with Gasteiger partial charge in [-0.2, -0.15) is 0 Å². The summed E-state index contributed by atoms with van der Waals surface area (Å²) in [5.74, 6) is 0.0767. The van der Waals surface area contributed by atoms with Gasteiger partial charge in [-0.25, -0.2) is 4.98 Å². The quantitative estimate of drug-likeness (QED) is 0.260. The van der Waals surface area contributed by atoms with E-state index in [1.54, 1.807) is 0 Å². The van der Waals surface area contributed by atoms with Crippen LogP contribution in [0.1, 0.15) is 53.4 Å². The van der Waals surface area contributed by atoms with Crippen molar-refractivity contribution in [2.75, 3.05) is 16.4 Å². The lowest BCUT2D eigenvalue weighted by molar-refractivity contribution is -0.113. The van der Waals surface area contributed by atoms with Crippen LogP contribution in [0, 0.1) is 20.8 Å². The van der Waals surface area contributed by atoms with Gasteiger partial charge in [-0.15, -0.1) is 11.3 Å². The Kier molecular flexibility index (Phi) is 7.52. The molecule has 5 nitrogen and oxygen atoms in total. The number of aryl methyl sites for hydroxylation is 3. The molecule has 36 heavy (non-hydrogen) atoms. The fourth-order valence-electron chi connectivity index (χ4n) is 4.05.